The fourth-order valence-electron chi connectivity index (χ4n) is 2.11. The third-order valence-corrected chi connectivity index (χ3v) is 2.94. The molecule has 3 rings (SSSR count). The molecule has 0 atom stereocenters. The van der Waals surface area contributed by atoms with Gasteiger partial charge in [0.05, 0.1) is 0 Å². The molecule has 0 saturated heterocycles. The molecule has 0 bridgehead atoms. The highest BCUT2D eigenvalue weighted by atomic mass is 16.1. The second-order valence-electron chi connectivity index (χ2n) is 4.01. The van der Waals surface area contributed by atoms with Crippen LogP contribution in [0.25, 0.3) is 0 Å². The predicted octanol–water partition coefficient (Wildman–Crippen LogP) is 1.59. The van der Waals surface area contributed by atoms with Gasteiger partial charge < -0.3 is 10.6 Å². The SMILES string of the molecule is NC(=O)c1ccc2c(c1)N1C=CC=NC=C1C2. The summed E-state index contributed by atoms with van der Waals surface area (Å²) in [5.41, 5.74) is 9.12. The fourth-order valence-corrected chi connectivity index (χ4v) is 2.11. The first-order valence-corrected chi connectivity index (χ1v) is 5.37. The number of amides is 1. The number of nitrogens with zero attached hydrogens (tertiary/aromatic N) is 2. The van der Waals surface area contributed by atoms with Crippen LogP contribution >= 0.6 is 0 Å². The van der Waals surface area contributed by atoms with Crippen LogP contribution in [0.15, 0.2) is 47.4 Å². The van der Waals surface area contributed by atoms with Gasteiger partial charge in [0.1, 0.15) is 0 Å². The van der Waals surface area contributed by atoms with E-state index in [1.807, 2.05) is 35.5 Å². The van der Waals surface area contributed by atoms with Gasteiger partial charge in [0.2, 0.25) is 5.91 Å². The summed E-state index contributed by atoms with van der Waals surface area (Å²) in [6.45, 7) is 0. The zero-order valence-corrected chi connectivity index (χ0v) is 9.13. The molecule has 2 aliphatic rings. The van der Waals surface area contributed by atoms with Crippen LogP contribution in [0.4, 0.5) is 5.69 Å². The lowest BCUT2D eigenvalue weighted by Crippen LogP contribution is -2.13. The van der Waals surface area contributed by atoms with Gasteiger partial charge in [-0.1, -0.05) is 6.07 Å². The topological polar surface area (TPSA) is 58.7 Å². The van der Waals surface area contributed by atoms with Gasteiger partial charge >= 0.3 is 0 Å². The summed E-state index contributed by atoms with van der Waals surface area (Å²) < 4.78 is 0. The molecule has 1 aromatic carbocycles. The molecule has 2 heterocycles. The van der Waals surface area contributed by atoms with E-state index in [0.29, 0.717) is 5.56 Å². The Labute approximate surface area is 98.8 Å². The largest absolute Gasteiger partial charge is 0.366 e. The van der Waals surface area contributed by atoms with Crippen molar-refractivity contribution >= 4 is 17.8 Å². The van der Waals surface area contributed by atoms with Crippen molar-refractivity contribution in [2.24, 2.45) is 10.7 Å². The first-order chi connectivity index (χ1) is 8.25. The molecule has 0 spiro atoms. The highest BCUT2D eigenvalue weighted by molar-refractivity contribution is 5.94. The van der Waals surface area contributed by atoms with Crippen LogP contribution in [0.5, 0.6) is 0 Å². The van der Waals surface area contributed by atoms with Crippen LogP contribution in [-0.2, 0) is 6.42 Å². The maximum absolute atomic E-state index is 11.2. The van der Waals surface area contributed by atoms with Crippen LogP contribution in [0.1, 0.15) is 15.9 Å². The summed E-state index contributed by atoms with van der Waals surface area (Å²) in [5, 5.41) is 0. The second-order valence-corrected chi connectivity index (χ2v) is 4.01. The first-order valence-electron chi connectivity index (χ1n) is 5.37. The summed E-state index contributed by atoms with van der Waals surface area (Å²) >= 11 is 0. The van der Waals surface area contributed by atoms with E-state index in [0.717, 1.165) is 17.8 Å². The van der Waals surface area contributed by atoms with E-state index >= 15 is 0 Å². The minimum Gasteiger partial charge on any atom is -0.366 e. The lowest BCUT2D eigenvalue weighted by atomic mass is 10.1. The molecule has 4 nitrogen and oxygen atoms in total. The van der Waals surface area contributed by atoms with Crippen molar-refractivity contribution < 1.29 is 4.79 Å². The molecule has 17 heavy (non-hydrogen) atoms. The van der Waals surface area contributed by atoms with E-state index in [1.165, 1.54) is 5.56 Å². The van der Waals surface area contributed by atoms with Crippen molar-refractivity contribution in [2.45, 2.75) is 6.42 Å². The zero-order valence-electron chi connectivity index (χ0n) is 9.13. The second kappa shape index (κ2) is 3.59. The van der Waals surface area contributed by atoms with Crippen LogP contribution in [0.2, 0.25) is 0 Å². The van der Waals surface area contributed by atoms with E-state index in [-0.39, 0.29) is 0 Å². The smallest absolute Gasteiger partial charge is 0.248 e. The van der Waals surface area contributed by atoms with Crippen molar-refractivity contribution in [3.63, 3.8) is 0 Å². The number of anilines is 1. The first kappa shape index (κ1) is 9.84. The number of allylic oxidation sites excluding steroid dienone is 2. The van der Waals surface area contributed by atoms with E-state index in [4.69, 9.17) is 5.73 Å². The maximum atomic E-state index is 11.2. The van der Waals surface area contributed by atoms with Gasteiger partial charge in [-0.05, 0) is 23.8 Å². The van der Waals surface area contributed by atoms with E-state index in [2.05, 4.69) is 4.99 Å². The van der Waals surface area contributed by atoms with E-state index in [9.17, 15) is 4.79 Å². The molecule has 0 aliphatic carbocycles. The van der Waals surface area contributed by atoms with Gasteiger partial charge in [0.15, 0.2) is 0 Å². The third-order valence-electron chi connectivity index (χ3n) is 2.94. The lowest BCUT2D eigenvalue weighted by Gasteiger charge is -2.15. The Balaban J connectivity index is 2.11. The quantitative estimate of drug-likeness (QED) is 0.789. The minimum atomic E-state index is -0.403. The molecule has 1 amide bonds. The van der Waals surface area contributed by atoms with Crippen molar-refractivity contribution in [1.29, 1.82) is 0 Å². The van der Waals surface area contributed by atoms with Gasteiger partial charge in [-0.25, -0.2) is 0 Å². The number of hydrogen-bond acceptors (Lipinski definition) is 3. The predicted molar refractivity (Wildman–Crippen MR) is 66.9 cm³/mol. The Hall–Kier alpha value is -2.36. The fraction of sp³-hybridized carbons (Fsp3) is 0.0769. The van der Waals surface area contributed by atoms with E-state index in [1.54, 1.807) is 12.3 Å². The number of hydrogen-bond donors (Lipinski definition) is 1. The number of carbonyl (C=O) groups excluding carboxylic acids is 1. The summed E-state index contributed by atoms with van der Waals surface area (Å²) in [6, 6.07) is 5.54. The Morgan fingerprint density at radius 2 is 2.29 bits per heavy atom. The van der Waals surface area contributed by atoms with Crippen molar-refractivity contribution in [1.82, 2.24) is 0 Å². The van der Waals surface area contributed by atoms with Crippen LogP contribution in [-0.4, -0.2) is 12.1 Å². The highest BCUT2D eigenvalue weighted by Gasteiger charge is 2.23. The molecule has 84 valence electrons. The number of benzene rings is 1. The van der Waals surface area contributed by atoms with Gasteiger partial charge in [-0.15, -0.1) is 0 Å². The molecule has 2 N–H and O–H groups in total. The van der Waals surface area contributed by atoms with Gasteiger partial charge in [0, 0.05) is 42.0 Å². The van der Waals surface area contributed by atoms with Gasteiger partial charge in [-0.2, -0.15) is 0 Å². The molecule has 0 aromatic heterocycles. The maximum Gasteiger partial charge on any atom is 0.248 e. The molecule has 0 radical (unpaired) electrons. The Morgan fingerprint density at radius 1 is 1.41 bits per heavy atom. The lowest BCUT2D eigenvalue weighted by molar-refractivity contribution is 0.100. The molecule has 0 saturated carbocycles. The Kier molecular flexibility index (Phi) is 2.08. The molecule has 2 aliphatic heterocycles. The van der Waals surface area contributed by atoms with Crippen molar-refractivity contribution in [3.05, 3.63) is 53.5 Å². The third kappa shape index (κ3) is 1.54. The molecule has 1 aromatic rings. The molecule has 4 heteroatoms. The zero-order chi connectivity index (χ0) is 11.8. The number of carbonyl (C=O) groups is 1. The Morgan fingerprint density at radius 3 is 3.12 bits per heavy atom. The van der Waals surface area contributed by atoms with Crippen molar-refractivity contribution in [3.8, 4) is 0 Å². The standard InChI is InChI=1S/C13H11N3O/c14-13(17)10-3-2-9-6-11-8-15-4-1-5-16(11)12(9)7-10/h1-5,7-8H,6H2,(H2,14,17). The molecule has 0 unspecified atom stereocenters. The van der Waals surface area contributed by atoms with Gasteiger partial charge in [0.25, 0.3) is 0 Å². The monoisotopic (exact) mass is 225 g/mol. The van der Waals surface area contributed by atoms with E-state index < -0.39 is 5.91 Å². The highest BCUT2D eigenvalue weighted by Crippen LogP contribution is 2.35. The summed E-state index contributed by atoms with van der Waals surface area (Å²) in [4.78, 5) is 17.4. The number of primary amides is 1. The summed E-state index contributed by atoms with van der Waals surface area (Å²) in [7, 11) is 0. The van der Waals surface area contributed by atoms with Crippen LogP contribution in [0, 0.1) is 0 Å². The number of fused-ring (bicyclic) bond motifs is 3. The average molecular weight is 225 g/mol. The molecular formula is C13H11N3O. The summed E-state index contributed by atoms with van der Waals surface area (Å²) in [5.74, 6) is -0.403. The van der Waals surface area contributed by atoms with Crippen molar-refractivity contribution in [2.75, 3.05) is 4.90 Å². The minimum absolute atomic E-state index is 0.403. The number of aliphatic imine (C=N–C) groups is 1. The summed E-state index contributed by atoms with van der Waals surface area (Å²) in [6.07, 6.45) is 8.22. The Bertz CT molecular complexity index is 584. The van der Waals surface area contributed by atoms with Crippen LogP contribution in [0.3, 0.4) is 0 Å². The average Bonchev–Trinajstić information content (AvgIpc) is 2.51. The molecule has 0 fully saturated rings. The molecular weight excluding hydrogens is 214 g/mol. The van der Waals surface area contributed by atoms with Gasteiger partial charge in [-0.3, -0.25) is 9.79 Å². The number of rotatable bonds is 1. The number of nitrogens with two attached hydrogens (primary N) is 1. The normalized spacial score (nSPS) is 16.2. The van der Waals surface area contributed by atoms with Crippen LogP contribution < -0.4 is 10.6 Å².